The first-order valence-corrected chi connectivity index (χ1v) is 5.35. The number of carbonyl (C=O) groups is 1. The maximum absolute atomic E-state index is 10.9. The Balaban J connectivity index is 2.36. The van der Waals surface area contributed by atoms with E-state index in [1.165, 1.54) is 7.11 Å². The summed E-state index contributed by atoms with van der Waals surface area (Å²) in [5, 5.41) is 0. The topological polar surface area (TPSA) is 65.2 Å². The van der Waals surface area contributed by atoms with Crippen LogP contribution in [-0.4, -0.2) is 24.1 Å². The van der Waals surface area contributed by atoms with Gasteiger partial charge in [0.05, 0.1) is 7.11 Å². The molecule has 0 bridgehead atoms. The molecule has 0 amide bonds. The average Bonchev–Trinajstić information content (AvgIpc) is 2.29. The number of nitrogens with two attached hydrogens (primary N) is 1. The number of methoxy groups -OCH3 is 1. The van der Waals surface area contributed by atoms with Crippen molar-refractivity contribution in [2.24, 2.45) is 5.73 Å². The van der Waals surface area contributed by atoms with Gasteiger partial charge in [-0.3, -0.25) is 9.78 Å². The van der Waals surface area contributed by atoms with E-state index in [1.54, 1.807) is 0 Å². The average molecular weight is 222 g/mol. The van der Waals surface area contributed by atoms with Crippen LogP contribution in [0.1, 0.15) is 24.1 Å². The Bertz CT molecular complexity index is 335. The van der Waals surface area contributed by atoms with Crippen LogP contribution >= 0.6 is 0 Å². The summed E-state index contributed by atoms with van der Waals surface area (Å²) in [6.07, 6.45) is 3.58. The highest BCUT2D eigenvalue weighted by Crippen LogP contribution is 2.06. The molecule has 1 atom stereocenters. The van der Waals surface area contributed by atoms with E-state index in [4.69, 9.17) is 5.73 Å². The fraction of sp³-hybridized carbons (Fsp3) is 0.500. The van der Waals surface area contributed by atoms with Gasteiger partial charge in [0.25, 0.3) is 0 Å². The Morgan fingerprint density at radius 3 is 2.88 bits per heavy atom. The number of hydrogen-bond donors (Lipinski definition) is 1. The fourth-order valence-electron chi connectivity index (χ4n) is 1.43. The lowest BCUT2D eigenvalue weighted by Gasteiger charge is -2.10. The summed E-state index contributed by atoms with van der Waals surface area (Å²) in [7, 11) is 1.39. The minimum absolute atomic E-state index is 0.0244. The van der Waals surface area contributed by atoms with Crippen molar-refractivity contribution >= 4 is 5.97 Å². The van der Waals surface area contributed by atoms with E-state index < -0.39 is 0 Å². The lowest BCUT2D eigenvalue weighted by atomic mass is 10.0. The first kappa shape index (κ1) is 12.6. The lowest BCUT2D eigenvalue weighted by molar-refractivity contribution is -0.140. The first-order valence-electron chi connectivity index (χ1n) is 5.35. The van der Waals surface area contributed by atoms with Crippen LogP contribution < -0.4 is 5.73 Å². The van der Waals surface area contributed by atoms with E-state index in [1.807, 2.05) is 25.3 Å². The van der Waals surface area contributed by atoms with Crippen LogP contribution in [0, 0.1) is 6.92 Å². The molecule has 0 spiro atoms. The van der Waals surface area contributed by atoms with E-state index >= 15 is 0 Å². The normalized spacial score (nSPS) is 12.2. The van der Waals surface area contributed by atoms with Crippen molar-refractivity contribution in [3.05, 3.63) is 29.6 Å². The van der Waals surface area contributed by atoms with Crippen LogP contribution in [0.2, 0.25) is 0 Å². The van der Waals surface area contributed by atoms with Gasteiger partial charge in [0, 0.05) is 24.4 Å². The first-order chi connectivity index (χ1) is 7.61. The molecule has 4 nitrogen and oxygen atoms in total. The fourth-order valence-corrected chi connectivity index (χ4v) is 1.43. The van der Waals surface area contributed by atoms with Gasteiger partial charge >= 0.3 is 5.97 Å². The zero-order valence-corrected chi connectivity index (χ0v) is 9.77. The number of ether oxygens (including phenoxy) is 1. The number of nitrogens with zero attached hydrogens (tertiary/aromatic N) is 1. The van der Waals surface area contributed by atoms with Gasteiger partial charge < -0.3 is 10.5 Å². The number of hydrogen-bond acceptors (Lipinski definition) is 4. The Hall–Kier alpha value is -1.42. The zero-order chi connectivity index (χ0) is 12.0. The summed E-state index contributed by atoms with van der Waals surface area (Å²) in [6, 6.07) is 3.95. The van der Waals surface area contributed by atoms with E-state index in [-0.39, 0.29) is 12.0 Å². The molecule has 0 aliphatic heterocycles. The molecule has 1 aromatic rings. The number of esters is 1. The van der Waals surface area contributed by atoms with E-state index in [2.05, 4.69) is 9.72 Å². The highest BCUT2D eigenvalue weighted by Gasteiger charge is 2.08. The largest absolute Gasteiger partial charge is 0.469 e. The molecule has 16 heavy (non-hydrogen) atoms. The maximum Gasteiger partial charge on any atom is 0.305 e. The van der Waals surface area contributed by atoms with E-state index in [0.29, 0.717) is 12.8 Å². The molecule has 0 saturated heterocycles. The molecule has 1 heterocycles. The molecule has 2 N–H and O–H groups in total. The summed E-state index contributed by atoms with van der Waals surface area (Å²) in [4.78, 5) is 15.1. The second kappa shape index (κ2) is 6.23. The molecular formula is C12H18N2O2. The molecule has 0 radical (unpaired) electrons. The van der Waals surface area contributed by atoms with Gasteiger partial charge in [0.2, 0.25) is 0 Å². The van der Waals surface area contributed by atoms with Crippen molar-refractivity contribution in [1.29, 1.82) is 0 Å². The van der Waals surface area contributed by atoms with Crippen LogP contribution in [0.25, 0.3) is 0 Å². The highest BCUT2D eigenvalue weighted by atomic mass is 16.5. The predicted molar refractivity (Wildman–Crippen MR) is 61.9 cm³/mol. The Labute approximate surface area is 95.8 Å². The quantitative estimate of drug-likeness (QED) is 0.760. The minimum atomic E-state index is -0.211. The Kier molecular flexibility index (Phi) is 4.92. The number of aryl methyl sites for hydroxylation is 1. The Morgan fingerprint density at radius 2 is 2.31 bits per heavy atom. The lowest BCUT2D eigenvalue weighted by Crippen LogP contribution is -2.24. The summed E-state index contributed by atoms with van der Waals surface area (Å²) in [6.45, 7) is 1.95. The van der Waals surface area contributed by atoms with Gasteiger partial charge in [-0.25, -0.2) is 0 Å². The van der Waals surface area contributed by atoms with Gasteiger partial charge in [-0.05, 0) is 31.4 Å². The minimum Gasteiger partial charge on any atom is -0.469 e. The molecule has 0 aliphatic carbocycles. The van der Waals surface area contributed by atoms with Gasteiger partial charge in [-0.1, -0.05) is 6.07 Å². The maximum atomic E-state index is 10.9. The number of pyridine rings is 1. The van der Waals surface area contributed by atoms with Crippen molar-refractivity contribution in [1.82, 2.24) is 4.98 Å². The summed E-state index contributed by atoms with van der Waals surface area (Å²) in [5.74, 6) is -0.211. The number of carbonyl (C=O) groups excluding carboxylic acids is 1. The van der Waals surface area contributed by atoms with Gasteiger partial charge in [0.15, 0.2) is 0 Å². The van der Waals surface area contributed by atoms with E-state index in [0.717, 1.165) is 17.7 Å². The highest BCUT2D eigenvalue weighted by molar-refractivity contribution is 5.69. The summed E-state index contributed by atoms with van der Waals surface area (Å²) in [5.41, 5.74) is 8.00. The molecule has 0 aliphatic rings. The van der Waals surface area contributed by atoms with Crippen LogP contribution in [0.4, 0.5) is 0 Å². The molecule has 0 fully saturated rings. The third-order valence-electron chi connectivity index (χ3n) is 2.42. The third-order valence-corrected chi connectivity index (χ3v) is 2.42. The SMILES string of the molecule is COC(=O)CCC(N)Cc1ccc(C)nc1. The van der Waals surface area contributed by atoms with Crippen molar-refractivity contribution in [3.63, 3.8) is 0 Å². The second-order valence-electron chi connectivity index (χ2n) is 3.89. The summed E-state index contributed by atoms with van der Waals surface area (Å²) >= 11 is 0. The van der Waals surface area contributed by atoms with Crippen molar-refractivity contribution < 1.29 is 9.53 Å². The van der Waals surface area contributed by atoms with Gasteiger partial charge in [-0.2, -0.15) is 0 Å². The molecular weight excluding hydrogens is 204 g/mol. The molecule has 0 saturated carbocycles. The van der Waals surface area contributed by atoms with Crippen molar-refractivity contribution in [2.45, 2.75) is 32.2 Å². The molecule has 4 heteroatoms. The smallest absolute Gasteiger partial charge is 0.305 e. The molecule has 1 unspecified atom stereocenters. The number of aromatic nitrogens is 1. The molecule has 1 rings (SSSR count). The van der Waals surface area contributed by atoms with Gasteiger partial charge in [-0.15, -0.1) is 0 Å². The monoisotopic (exact) mass is 222 g/mol. The van der Waals surface area contributed by atoms with Crippen LogP contribution in [0.5, 0.6) is 0 Å². The predicted octanol–water partition coefficient (Wildman–Crippen LogP) is 1.21. The van der Waals surface area contributed by atoms with Gasteiger partial charge in [0.1, 0.15) is 0 Å². The summed E-state index contributed by atoms with van der Waals surface area (Å²) < 4.78 is 4.56. The standard InChI is InChI=1S/C12H18N2O2/c1-9-3-4-10(8-14-9)7-11(13)5-6-12(15)16-2/h3-4,8,11H,5-7,13H2,1-2H3. The van der Waals surface area contributed by atoms with Crippen molar-refractivity contribution in [3.8, 4) is 0 Å². The zero-order valence-electron chi connectivity index (χ0n) is 9.77. The number of rotatable bonds is 5. The molecule has 1 aromatic heterocycles. The van der Waals surface area contributed by atoms with E-state index in [9.17, 15) is 4.79 Å². The van der Waals surface area contributed by atoms with Crippen LogP contribution in [-0.2, 0) is 16.0 Å². The Morgan fingerprint density at radius 1 is 1.56 bits per heavy atom. The van der Waals surface area contributed by atoms with Crippen LogP contribution in [0.15, 0.2) is 18.3 Å². The third kappa shape index (κ3) is 4.40. The molecule has 0 aromatic carbocycles. The second-order valence-corrected chi connectivity index (χ2v) is 3.89. The van der Waals surface area contributed by atoms with Crippen LogP contribution in [0.3, 0.4) is 0 Å². The molecule has 88 valence electrons. The van der Waals surface area contributed by atoms with Crippen molar-refractivity contribution in [2.75, 3.05) is 7.11 Å².